The second-order valence-corrected chi connectivity index (χ2v) is 5.81. The number of amides is 1. The van der Waals surface area contributed by atoms with E-state index in [1.165, 1.54) is 0 Å². The van der Waals surface area contributed by atoms with Crippen molar-refractivity contribution in [2.45, 2.75) is 6.42 Å². The van der Waals surface area contributed by atoms with Gasteiger partial charge in [-0.15, -0.1) is 0 Å². The van der Waals surface area contributed by atoms with E-state index in [-0.39, 0.29) is 5.91 Å². The molecule has 1 amide bonds. The third kappa shape index (κ3) is 5.78. The van der Waals surface area contributed by atoms with Crippen LogP contribution < -0.4 is 10.1 Å². The zero-order valence-corrected chi connectivity index (χ0v) is 13.7. The van der Waals surface area contributed by atoms with Crippen molar-refractivity contribution in [1.29, 1.82) is 0 Å². The lowest BCUT2D eigenvalue weighted by Gasteiger charge is -2.08. The Morgan fingerprint density at radius 2 is 2.00 bits per heavy atom. The predicted octanol–water partition coefficient (Wildman–Crippen LogP) is 3.84. The monoisotopic (exact) mass is 367 g/mol. The van der Waals surface area contributed by atoms with Gasteiger partial charge >= 0.3 is 0 Å². The van der Waals surface area contributed by atoms with Gasteiger partial charge in [-0.3, -0.25) is 4.79 Å². The first-order valence-corrected chi connectivity index (χ1v) is 7.70. The highest BCUT2D eigenvalue weighted by Crippen LogP contribution is 2.16. The van der Waals surface area contributed by atoms with Gasteiger partial charge in [0.05, 0.1) is 13.0 Å². The number of rotatable bonds is 6. The van der Waals surface area contributed by atoms with Crippen LogP contribution in [0, 0.1) is 0 Å². The summed E-state index contributed by atoms with van der Waals surface area (Å²) in [5, 5.41) is 3.45. The van der Waals surface area contributed by atoms with E-state index in [1.54, 1.807) is 12.1 Å². The van der Waals surface area contributed by atoms with Crippen LogP contribution in [0.3, 0.4) is 0 Å². The standard InChI is InChI=1S/C16H15BrClNO2/c17-13-4-1-3-12(9-13)10-16(20)19-7-8-21-15-6-2-5-14(18)11-15/h1-6,9,11H,7-8,10H2,(H,19,20). The quantitative estimate of drug-likeness (QED) is 0.787. The van der Waals surface area contributed by atoms with Crippen molar-refractivity contribution in [3.63, 3.8) is 0 Å². The number of carbonyl (C=O) groups is 1. The van der Waals surface area contributed by atoms with Crippen LogP contribution in [0.4, 0.5) is 0 Å². The van der Waals surface area contributed by atoms with Gasteiger partial charge in [0, 0.05) is 9.50 Å². The Morgan fingerprint density at radius 3 is 2.76 bits per heavy atom. The van der Waals surface area contributed by atoms with Crippen molar-refractivity contribution in [2.24, 2.45) is 0 Å². The van der Waals surface area contributed by atoms with E-state index in [0.29, 0.717) is 30.3 Å². The van der Waals surface area contributed by atoms with Crippen molar-refractivity contribution in [2.75, 3.05) is 13.2 Å². The van der Waals surface area contributed by atoms with E-state index >= 15 is 0 Å². The van der Waals surface area contributed by atoms with Gasteiger partial charge in [-0.2, -0.15) is 0 Å². The number of carbonyl (C=O) groups excluding carboxylic acids is 1. The molecular formula is C16H15BrClNO2. The summed E-state index contributed by atoms with van der Waals surface area (Å²) in [6, 6.07) is 14.9. The Kier molecular flexibility index (Phi) is 6.08. The minimum absolute atomic E-state index is 0.0252. The van der Waals surface area contributed by atoms with Gasteiger partial charge in [-0.05, 0) is 35.9 Å². The molecule has 0 unspecified atom stereocenters. The van der Waals surface area contributed by atoms with E-state index in [2.05, 4.69) is 21.2 Å². The van der Waals surface area contributed by atoms with Crippen LogP contribution in [0.15, 0.2) is 53.0 Å². The average Bonchev–Trinajstić information content (AvgIpc) is 2.44. The van der Waals surface area contributed by atoms with Crippen LogP contribution in [-0.2, 0) is 11.2 Å². The first-order chi connectivity index (χ1) is 10.1. The highest BCUT2D eigenvalue weighted by molar-refractivity contribution is 9.10. The van der Waals surface area contributed by atoms with Crippen molar-refractivity contribution >= 4 is 33.4 Å². The molecule has 0 saturated carbocycles. The SMILES string of the molecule is O=C(Cc1cccc(Br)c1)NCCOc1cccc(Cl)c1. The second kappa shape index (κ2) is 8.05. The van der Waals surface area contributed by atoms with Crippen molar-refractivity contribution < 1.29 is 9.53 Å². The molecule has 0 aliphatic carbocycles. The summed E-state index contributed by atoms with van der Waals surface area (Å²) in [6.07, 6.45) is 0.358. The number of halogens is 2. The fourth-order valence-corrected chi connectivity index (χ4v) is 2.44. The summed E-state index contributed by atoms with van der Waals surface area (Å²) in [6.45, 7) is 0.865. The fraction of sp³-hybridized carbons (Fsp3) is 0.188. The van der Waals surface area contributed by atoms with Gasteiger partial charge in [-0.25, -0.2) is 0 Å². The van der Waals surface area contributed by atoms with E-state index < -0.39 is 0 Å². The Hall–Kier alpha value is -1.52. The average molecular weight is 369 g/mol. The fourth-order valence-electron chi connectivity index (χ4n) is 1.81. The minimum Gasteiger partial charge on any atom is -0.492 e. The number of hydrogen-bond donors (Lipinski definition) is 1. The van der Waals surface area contributed by atoms with Crippen LogP contribution in [0.25, 0.3) is 0 Å². The molecule has 21 heavy (non-hydrogen) atoms. The minimum atomic E-state index is -0.0252. The Morgan fingerprint density at radius 1 is 1.19 bits per heavy atom. The normalized spacial score (nSPS) is 10.2. The van der Waals surface area contributed by atoms with Gasteiger partial charge in [0.2, 0.25) is 5.91 Å². The zero-order chi connectivity index (χ0) is 15.1. The summed E-state index contributed by atoms with van der Waals surface area (Å²) < 4.78 is 6.47. The van der Waals surface area contributed by atoms with E-state index in [9.17, 15) is 4.79 Å². The number of ether oxygens (including phenoxy) is 1. The van der Waals surface area contributed by atoms with Gasteiger partial charge in [0.1, 0.15) is 12.4 Å². The molecule has 0 aromatic heterocycles. The van der Waals surface area contributed by atoms with Crippen LogP contribution >= 0.6 is 27.5 Å². The summed E-state index contributed by atoms with van der Waals surface area (Å²) in [7, 11) is 0. The molecule has 2 aromatic carbocycles. The molecule has 1 N–H and O–H groups in total. The molecule has 0 saturated heterocycles. The molecule has 0 aliphatic heterocycles. The maximum Gasteiger partial charge on any atom is 0.224 e. The highest BCUT2D eigenvalue weighted by atomic mass is 79.9. The van der Waals surface area contributed by atoms with E-state index in [1.807, 2.05) is 36.4 Å². The molecule has 2 aromatic rings. The summed E-state index contributed by atoms with van der Waals surface area (Å²) in [5.41, 5.74) is 0.970. The van der Waals surface area contributed by atoms with Crippen LogP contribution in [0.2, 0.25) is 5.02 Å². The molecule has 110 valence electrons. The van der Waals surface area contributed by atoms with E-state index in [0.717, 1.165) is 10.0 Å². The summed E-state index contributed by atoms with van der Waals surface area (Å²) in [4.78, 5) is 11.8. The molecule has 5 heteroatoms. The molecule has 0 fully saturated rings. The Balaban J connectivity index is 1.70. The highest BCUT2D eigenvalue weighted by Gasteiger charge is 2.03. The molecule has 0 aliphatic rings. The van der Waals surface area contributed by atoms with Crippen molar-refractivity contribution in [3.05, 3.63) is 63.6 Å². The predicted molar refractivity (Wildman–Crippen MR) is 87.8 cm³/mol. The zero-order valence-electron chi connectivity index (χ0n) is 11.3. The smallest absolute Gasteiger partial charge is 0.224 e. The Bertz CT molecular complexity index is 619. The van der Waals surface area contributed by atoms with Gasteiger partial charge in [-0.1, -0.05) is 45.7 Å². The molecule has 0 atom stereocenters. The van der Waals surface area contributed by atoms with Crippen LogP contribution in [0.1, 0.15) is 5.56 Å². The van der Waals surface area contributed by atoms with Gasteiger partial charge in [0.25, 0.3) is 0 Å². The molecule has 0 radical (unpaired) electrons. The van der Waals surface area contributed by atoms with E-state index in [4.69, 9.17) is 16.3 Å². The third-order valence-electron chi connectivity index (χ3n) is 2.74. The molecule has 0 bridgehead atoms. The maximum absolute atomic E-state index is 11.8. The molecule has 0 spiro atoms. The lowest BCUT2D eigenvalue weighted by atomic mass is 10.1. The Labute approximate surface area is 137 Å². The molecule has 3 nitrogen and oxygen atoms in total. The number of nitrogens with one attached hydrogen (secondary N) is 1. The van der Waals surface area contributed by atoms with Crippen molar-refractivity contribution in [3.8, 4) is 5.75 Å². The maximum atomic E-state index is 11.8. The van der Waals surface area contributed by atoms with Gasteiger partial charge in [0.15, 0.2) is 0 Å². The largest absolute Gasteiger partial charge is 0.492 e. The van der Waals surface area contributed by atoms with Crippen molar-refractivity contribution in [1.82, 2.24) is 5.32 Å². The molecular weight excluding hydrogens is 354 g/mol. The first-order valence-electron chi connectivity index (χ1n) is 6.53. The third-order valence-corrected chi connectivity index (χ3v) is 3.47. The van der Waals surface area contributed by atoms with Crippen LogP contribution in [-0.4, -0.2) is 19.1 Å². The van der Waals surface area contributed by atoms with Gasteiger partial charge < -0.3 is 10.1 Å². The number of hydrogen-bond acceptors (Lipinski definition) is 2. The lowest BCUT2D eigenvalue weighted by molar-refractivity contribution is -0.120. The summed E-state index contributed by atoms with van der Waals surface area (Å²) in [5.74, 6) is 0.673. The first kappa shape index (κ1) is 15.9. The number of benzene rings is 2. The topological polar surface area (TPSA) is 38.3 Å². The second-order valence-electron chi connectivity index (χ2n) is 4.46. The summed E-state index contributed by atoms with van der Waals surface area (Å²) >= 11 is 9.24. The molecule has 0 heterocycles. The molecule has 2 rings (SSSR count). The lowest BCUT2D eigenvalue weighted by Crippen LogP contribution is -2.29. The van der Waals surface area contributed by atoms with Crippen LogP contribution in [0.5, 0.6) is 5.75 Å².